The van der Waals surface area contributed by atoms with E-state index >= 15 is 0 Å². The summed E-state index contributed by atoms with van der Waals surface area (Å²) in [5, 5.41) is 5.82. The van der Waals surface area contributed by atoms with Crippen molar-refractivity contribution in [1.29, 1.82) is 0 Å². The van der Waals surface area contributed by atoms with Crippen molar-refractivity contribution in [2.75, 3.05) is 7.11 Å². The Morgan fingerprint density at radius 2 is 2.38 bits per heavy atom. The van der Waals surface area contributed by atoms with Crippen LogP contribution in [0.25, 0.3) is 0 Å². The van der Waals surface area contributed by atoms with Crippen molar-refractivity contribution in [2.24, 2.45) is 0 Å². The van der Waals surface area contributed by atoms with E-state index in [1.165, 1.54) is 22.2 Å². The van der Waals surface area contributed by atoms with E-state index < -0.39 is 0 Å². The Kier molecular flexibility index (Phi) is 4.41. The van der Waals surface area contributed by atoms with E-state index in [4.69, 9.17) is 4.74 Å². The number of nitrogens with one attached hydrogen (secondary N) is 1. The van der Waals surface area contributed by atoms with Gasteiger partial charge < -0.3 is 10.1 Å². The summed E-state index contributed by atoms with van der Waals surface area (Å²) >= 11 is 5.39. The van der Waals surface area contributed by atoms with Gasteiger partial charge in [-0.1, -0.05) is 0 Å². The molecule has 0 bridgehead atoms. The molecule has 3 atom stereocenters. The van der Waals surface area contributed by atoms with Crippen LogP contribution >= 0.6 is 27.3 Å². The average Bonchev–Trinajstić information content (AvgIpc) is 2.86. The first-order chi connectivity index (χ1) is 7.70. The summed E-state index contributed by atoms with van der Waals surface area (Å²) in [6.07, 6.45) is 4.01. The van der Waals surface area contributed by atoms with E-state index in [2.05, 4.69) is 39.6 Å². The molecule has 16 heavy (non-hydrogen) atoms. The summed E-state index contributed by atoms with van der Waals surface area (Å²) in [6, 6.07) is 3.15. The van der Waals surface area contributed by atoms with E-state index in [0.29, 0.717) is 18.2 Å². The minimum absolute atomic E-state index is 0.426. The number of hydrogen-bond donors (Lipinski definition) is 1. The third-order valence-corrected chi connectivity index (χ3v) is 5.30. The summed E-state index contributed by atoms with van der Waals surface area (Å²) in [5.74, 6) is 0. The van der Waals surface area contributed by atoms with Crippen molar-refractivity contribution in [3.63, 3.8) is 0 Å². The number of rotatable bonds is 4. The lowest BCUT2D eigenvalue weighted by Crippen LogP contribution is -2.29. The van der Waals surface area contributed by atoms with Gasteiger partial charge in [0, 0.05) is 28.5 Å². The fraction of sp³-hybridized carbons (Fsp3) is 0.667. The highest BCUT2D eigenvalue weighted by atomic mass is 79.9. The van der Waals surface area contributed by atoms with Gasteiger partial charge in [0.1, 0.15) is 0 Å². The summed E-state index contributed by atoms with van der Waals surface area (Å²) in [4.78, 5) is 1.39. The van der Waals surface area contributed by atoms with Crippen LogP contribution in [0.2, 0.25) is 0 Å². The fourth-order valence-electron chi connectivity index (χ4n) is 2.35. The van der Waals surface area contributed by atoms with Gasteiger partial charge in [0.05, 0.1) is 6.10 Å². The Hall–Kier alpha value is 0.100. The van der Waals surface area contributed by atoms with Crippen LogP contribution in [-0.4, -0.2) is 19.3 Å². The van der Waals surface area contributed by atoms with Gasteiger partial charge in [0.2, 0.25) is 0 Å². The first-order valence-corrected chi connectivity index (χ1v) is 7.39. The highest BCUT2D eigenvalue weighted by Gasteiger charge is 2.26. The molecular formula is C12H18BrNOS. The first kappa shape index (κ1) is 12.6. The first-order valence-electron chi connectivity index (χ1n) is 5.72. The Morgan fingerprint density at radius 1 is 1.56 bits per heavy atom. The largest absolute Gasteiger partial charge is 0.381 e. The van der Waals surface area contributed by atoms with Crippen LogP contribution in [0.1, 0.15) is 37.1 Å². The monoisotopic (exact) mass is 303 g/mol. The lowest BCUT2D eigenvalue weighted by Gasteiger charge is -2.19. The number of hydrogen-bond acceptors (Lipinski definition) is 3. The maximum atomic E-state index is 5.39. The van der Waals surface area contributed by atoms with Gasteiger partial charge in [-0.25, -0.2) is 0 Å². The predicted octanol–water partition coefficient (Wildman–Crippen LogP) is 3.73. The van der Waals surface area contributed by atoms with E-state index in [0.717, 1.165) is 6.42 Å². The summed E-state index contributed by atoms with van der Waals surface area (Å²) in [7, 11) is 1.81. The van der Waals surface area contributed by atoms with Gasteiger partial charge >= 0.3 is 0 Å². The van der Waals surface area contributed by atoms with Gasteiger partial charge in [0.15, 0.2) is 0 Å². The Morgan fingerprint density at radius 3 is 2.94 bits per heavy atom. The second-order valence-corrected chi connectivity index (χ2v) is 6.19. The summed E-state index contributed by atoms with van der Waals surface area (Å²) in [5.41, 5.74) is 0. The SMILES string of the molecule is COC1CCC(NC(C)c2sccc2Br)C1. The molecule has 1 heterocycles. The zero-order valence-corrected chi connectivity index (χ0v) is 12.1. The van der Waals surface area contributed by atoms with E-state index in [-0.39, 0.29) is 0 Å². The molecule has 0 amide bonds. The van der Waals surface area contributed by atoms with Crippen LogP contribution in [0.15, 0.2) is 15.9 Å². The molecule has 1 fully saturated rings. The van der Waals surface area contributed by atoms with Crippen molar-refractivity contribution < 1.29 is 4.74 Å². The molecule has 1 N–H and O–H groups in total. The molecule has 90 valence electrons. The molecule has 2 rings (SSSR count). The van der Waals surface area contributed by atoms with Crippen LogP contribution in [0.4, 0.5) is 0 Å². The molecule has 2 nitrogen and oxygen atoms in total. The number of halogens is 1. The average molecular weight is 304 g/mol. The number of ether oxygens (including phenoxy) is 1. The standard InChI is InChI=1S/C12H18BrNOS/c1-8(12-11(13)5-6-16-12)14-9-3-4-10(7-9)15-2/h5-6,8-10,14H,3-4,7H2,1-2H3. The minimum Gasteiger partial charge on any atom is -0.381 e. The molecule has 0 spiro atoms. The van der Waals surface area contributed by atoms with E-state index in [1.54, 1.807) is 11.3 Å². The molecular weight excluding hydrogens is 286 g/mol. The molecule has 1 aliphatic carbocycles. The topological polar surface area (TPSA) is 21.3 Å². The van der Waals surface area contributed by atoms with Crippen molar-refractivity contribution in [2.45, 2.75) is 44.4 Å². The third kappa shape index (κ3) is 2.86. The number of thiophene rings is 1. The molecule has 1 aliphatic rings. The summed E-state index contributed by atoms with van der Waals surface area (Å²) in [6.45, 7) is 2.23. The molecule has 1 aromatic heterocycles. The van der Waals surface area contributed by atoms with Crippen molar-refractivity contribution in [3.05, 3.63) is 20.8 Å². The highest BCUT2D eigenvalue weighted by molar-refractivity contribution is 9.10. The zero-order valence-electron chi connectivity index (χ0n) is 9.70. The van der Waals surface area contributed by atoms with Crippen molar-refractivity contribution >= 4 is 27.3 Å². The maximum absolute atomic E-state index is 5.39. The van der Waals surface area contributed by atoms with Crippen LogP contribution in [-0.2, 0) is 4.74 Å². The predicted molar refractivity (Wildman–Crippen MR) is 72.0 cm³/mol. The van der Waals surface area contributed by atoms with E-state index in [9.17, 15) is 0 Å². The van der Waals surface area contributed by atoms with Crippen LogP contribution in [0.3, 0.4) is 0 Å². The maximum Gasteiger partial charge on any atom is 0.0586 e. The van der Waals surface area contributed by atoms with E-state index in [1.807, 2.05) is 7.11 Å². The molecule has 3 unspecified atom stereocenters. The molecule has 0 aromatic carbocycles. The normalized spacial score (nSPS) is 27.2. The molecule has 0 radical (unpaired) electrons. The van der Waals surface area contributed by atoms with Crippen LogP contribution < -0.4 is 5.32 Å². The smallest absolute Gasteiger partial charge is 0.0586 e. The van der Waals surface area contributed by atoms with Gasteiger partial charge in [-0.05, 0) is 53.6 Å². The fourth-order valence-corrected chi connectivity index (χ4v) is 4.08. The van der Waals surface area contributed by atoms with Gasteiger partial charge in [-0.2, -0.15) is 0 Å². The Labute approximate surface area is 110 Å². The molecule has 1 saturated carbocycles. The molecule has 1 aromatic rings. The summed E-state index contributed by atoms with van der Waals surface area (Å²) < 4.78 is 6.61. The molecule has 0 aliphatic heterocycles. The Balaban J connectivity index is 1.89. The zero-order chi connectivity index (χ0) is 11.5. The highest BCUT2D eigenvalue weighted by Crippen LogP contribution is 2.31. The van der Waals surface area contributed by atoms with Crippen LogP contribution in [0.5, 0.6) is 0 Å². The lowest BCUT2D eigenvalue weighted by molar-refractivity contribution is 0.106. The second-order valence-electron chi connectivity index (χ2n) is 4.39. The second kappa shape index (κ2) is 5.63. The van der Waals surface area contributed by atoms with Gasteiger partial charge in [0.25, 0.3) is 0 Å². The van der Waals surface area contributed by atoms with Gasteiger partial charge in [-0.3, -0.25) is 0 Å². The Bertz CT molecular complexity index is 342. The lowest BCUT2D eigenvalue weighted by atomic mass is 10.2. The van der Waals surface area contributed by atoms with Crippen molar-refractivity contribution in [3.8, 4) is 0 Å². The quantitative estimate of drug-likeness (QED) is 0.915. The number of methoxy groups -OCH3 is 1. The third-order valence-electron chi connectivity index (χ3n) is 3.24. The minimum atomic E-state index is 0.426. The van der Waals surface area contributed by atoms with Crippen LogP contribution in [0, 0.1) is 0 Å². The van der Waals surface area contributed by atoms with Crippen molar-refractivity contribution in [1.82, 2.24) is 5.32 Å². The van der Waals surface area contributed by atoms with Gasteiger partial charge in [-0.15, -0.1) is 11.3 Å². The molecule has 4 heteroatoms. The molecule has 0 saturated heterocycles.